The number of nitrogens with zero attached hydrogens (tertiary/aromatic N) is 1. The Bertz CT molecular complexity index is 418. The monoisotopic (exact) mass is 316 g/mol. The number of halogens is 1. The van der Waals surface area contributed by atoms with Crippen molar-refractivity contribution in [1.29, 1.82) is 0 Å². The van der Waals surface area contributed by atoms with E-state index in [2.05, 4.69) is 21.2 Å². The molecule has 0 bridgehead atoms. The van der Waals surface area contributed by atoms with Gasteiger partial charge >= 0.3 is 0 Å². The van der Waals surface area contributed by atoms with Gasteiger partial charge < -0.3 is 14.6 Å². The molecule has 1 aromatic heterocycles. The molecule has 0 aliphatic heterocycles. The van der Waals surface area contributed by atoms with E-state index < -0.39 is 0 Å². The lowest BCUT2D eigenvalue weighted by Crippen LogP contribution is -2.28. The Hall–Kier alpha value is -0.650. The van der Waals surface area contributed by atoms with Gasteiger partial charge in [0.05, 0.1) is 0 Å². The summed E-state index contributed by atoms with van der Waals surface area (Å²) in [6, 6.07) is 1.84. The lowest BCUT2D eigenvalue weighted by Gasteiger charge is -2.09. The number of ether oxygens (including phenoxy) is 1. The molecule has 0 amide bonds. The molecule has 1 rings (SSSR count). The summed E-state index contributed by atoms with van der Waals surface area (Å²) in [5.74, 6) is 0. The first-order chi connectivity index (χ1) is 8.65. The number of aromatic nitrogens is 1. The molecular weight excluding hydrogens is 296 g/mol. The van der Waals surface area contributed by atoms with Gasteiger partial charge in [0.1, 0.15) is 0 Å². The largest absolute Gasteiger partial charge is 0.382 e. The van der Waals surface area contributed by atoms with Gasteiger partial charge in [-0.1, -0.05) is 0 Å². The summed E-state index contributed by atoms with van der Waals surface area (Å²) in [7, 11) is 0. The third kappa shape index (κ3) is 5.33. The summed E-state index contributed by atoms with van der Waals surface area (Å²) in [4.78, 5) is 11.8. The molecule has 0 atom stereocenters. The molecule has 4 nitrogen and oxygen atoms in total. The molecule has 0 saturated carbocycles. The molecule has 1 heterocycles. The van der Waals surface area contributed by atoms with Gasteiger partial charge in [-0.05, 0) is 48.8 Å². The van der Waals surface area contributed by atoms with Gasteiger partial charge in [0.15, 0.2) is 0 Å². The fourth-order valence-corrected chi connectivity index (χ4v) is 2.26. The number of pyridine rings is 1. The fourth-order valence-electron chi connectivity index (χ4n) is 1.67. The van der Waals surface area contributed by atoms with Crippen molar-refractivity contribution in [3.63, 3.8) is 0 Å². The van der Waals surface area contributed by atoms with Crippen molar-refractivity contribution in [2.24, 2.45) is 0 Å². The van der Waals surface area contributed by atoms with E-state index in [1.165, 1.54) is 0 Å². The van der Waals surface area contributed by atoms with Gasteiger partial charge in [-0.2, -0.15) is 0 Å². The van der Waals surface area contributed by atoms with Crippen LogP contribution in [0.4, 0.5) is 0 Å². The summed E-state index contributed by atoms with van der Waals surface area (Å²) in [5, 5.41) is 3.30. The van der Waals surface area contributed by atoms with Gasteiger partial charge in [0.25, 0.3) is 5.56 Å². The van der Waals surface area contributed by atoms with E-state index in [9.17, 15) is 4.79 Å². The Balaban J connectivity index is 2.29. The van der Waals surface area contributed by atoms with E-state index in [1.54, 1.807) is 4.57 Å². The highest BCUT2D eigenvalue weighted by molar-refractivity contribution is 9.10. The number of hydrogen-bond acceptors (Lipinski definition) is 3. The number of aryl methyl sites for hydroxylation is 1. The summed E-state index contributed by atoms with van der Waals surface area (Å²) in [6.45, 7) is 7.79. The van der Waals surface area contributed by atoms with Gasteiger partial charge in [-0.15, -0.1) is 0 Å². The Morgan fingerprint density at radius 3 is 2.94 bits per heavy atom. The lowest BCUT2D eigenvalue weighted by atomic mass is 10.3. The van der Waals surface area contributed by atoms with Crippen LogP contribution < -0.4 is 10.9 Å². The van der Waals surface area contributed by atoms with Crippen molar-refractivity contribution >= 4 is 15.9 Å². The number of nitrogens with one attached hydrogen (secondary N) is 1. The van der Waals surface area contributed by atoms with Crippen LogP contribution in [0.1, 0.15) is 18.9 Å². The van der Waals surface area contributed by atoms with Crippen molar-refractivity contribution in [2.45, 2.75) is 26.8 Å². The van der Waals surface area contributed by atoms with Gasteiger partial charge in [-0.3, -0.25) is 4.79 Å². The SMILES string of the molecule is CCOCCCNCCn1cc(Br)cc(C)c1=O. The second-order valence-corrected chi connectivity index (χ2v) is 5.06. The third-order valence-electron chi connectivity index (χ3n) is 2.61. The second-order valence-electron chi connectivity index (χ2n) is 4.14. The van der Waals surface area contributed by atoms with E-state index in [-0.39, 0.29) is 5.56 Å². The Labute approximate surface area is 116 Å². The van der Waals surface area contributed by atoms with Crippen molar-refractivity contribution in [1.82, 2.24) is 9.88 Å². The van der Waals surface area contributed by atoms with Gasteiger partial charge in [-0.25, -0.2) is 0 Å². The van der Waals surface area contributed by atoms with E-state index >= 15 is 0 Å². The van der Waals surface area contributed by atoms with Crippen molar-refractivity contribution in [3.05, 3.63) is 32.7 Å². The molecule has 0 saturated heterocycles. The number of rotatable bonds is 8. The van der Waals surface area contributed by atoms with Crippen LogP contribution in [0, 0.1) is 6.92 Å². The van der Waals surface area contributed by atoms with Crippen molar-refractivity contribution in [2.75, 3.05) is 26.3 Å². The standard InChI is InChI=1S/C13H21BrN2O2/c1-3-18-8-4-5-15-6-7-16-10-12(14)9-11(2)13(16)17/h9-10,15H,3-8H2,1-2H3. The molecule has 1 N–H and O–H groups in total. The third-order valence-corrected chi connectivity index (χ3v) is 3.04. The van der Waals surface area contributed by atoms with E-state index in [0.717, 1.165) is 42.8 Å². The molecule has 102 valence electrons. The normalized spacial score (nSPS) is 10.8. The predicted octanol–water partition coefficient (Wildman–Crippen LogP) is 1.94. The van der Waals surface area contributed by atoms with Crippen LogP contribution in [0.15, 0.2) is 21.5 Å². The van der Waals surface area contributed by atoms with E-state index in [1.807, 2.05) is 26.1 Å². The summed E-state index contributed by atoms with van der Waals surface area (Å²) in [6.07, 6.45) is 2.83. The first-order valence-corrected chi connectivity index (χ1v) is 7.09. The van der Waals surface area contributed by atoms with Crippen molar-refractivity contribution < 1.29 is 4.74 Å². The highest BCUT2D eigenvalue weighted by Crippen LogP contribution is 2.07. The smallest absolute Gasteiger partial charge is 0.253 e. The molecule has 0 fully saturated rings. The second kappa shape index (κ2) is 8.45. The molecule has 5 heteroatoms. The number of hydrogen-bond donors (Lipinski definition) is 1. The minimum atomic E-state index is 0.0781. The molecule has 0 aliphatic carbocycles. The van der Waals surface area contributed by atoms with E-state index in [4.69, 9.17) is 4.74 Å². The summed E-state index contributed by atoms with van der Waals surface area (Å²) >= 11 is 3.40. The Kier molecular flexibility index (Phi) is 7.23. The van der Waals surface area contributed by atoms with Crippen LogP contribution in [-0.2, 0) is 11.3 Å². The molecule has 0 aromatic carbocycles. The van der Waals surface area contributed by atoms with Crippen LogP contribution in [0.5, 0.6) is 0 Å². The molecule has 1 aromatic rings. The average Bonchev–Trinajstić information content (AvgIpc) is 2.33. The van der Waals surface area contributed by atoms with Crippen LogP contribution in [0.25, 0.3) is 0 Å². The minimum absolute atomic E-state index is 0.0781. The van der Waals surface area contributed by atoms with Crippen LogP contribution >= 0.6 is 15.9 Å². The summed E-state index contributed by atoms with van der Waals surface area (Å²) in [5.41, 5.74) is 0.843. The van der Waals surface area contributed by atoms with Crippen LogP contribution in [0.3, 0.4) is 0 Å². The molecule has 0 spiro atoms. The quantitative estimate of drug-likeness (QED) is 0.745. The highest BCUT2D eigenvalue weighted by atomic mass is 79.9. The topological polar surface area (TPSA) is 43.3 Å². The fraction of sp³-hybridized carbons (Fsp3) is 0.615. The minimum Gasteiger partial charge on any atom is -0.382 e. The molecule has 0 aliphatic rings. The highest BCUT2D eigenvalue weighted by Gasteiger charge is 2.01. The molecular formula is C13H21BrN2O2. The van der Waals surface area contributed by atoms with Gasteiger partial charge in [0, 0.05) is 42.5 Å². The zero-order chi connectivity index (χ0) is 13.4. The Morgan fingerprint density at radius 1 is 1.44 bits per heavy atom. The molecule has 18 heavy (non-hydrogen) atoms. The zero-order valence-corrected chi connectivity index (χ0v) is 12.6. The zero-order valence-electron chi connectivity index (χ0n) is 11.0. The van der Waals surface area contributed by atoms with Crippen molar-refractivity contribution in [3.8, 4) is 0 Å². The molecule has 0 radical (unpaired) electrons. The average molecular weight is 317 g/mol. The predicted molar refractivity (Wildman–Crippen MR) is 77.1 cm³/mol. The first kappa shape index (κ1) is 15.4. The van der Waals surface area contributed by atoms with E-state index in [0.29, 0.717) is 6.54 Å². The van der Waals surface area contributed by atoms with Crippen LogP contribution in [-0.4, -0.2) is 30.9 Å². The Morgan fingerprint density at radius 2 is 2.22 bits per heavy atom. The maximum atomic E-state index is 11.8. The maximum Gasteiger partial charge on any atom is 0.253 e. The summed E-state index contributed by atoms with van der Waals surface area (Å²) < 4.78 is 7.92. The van der Waals surface area contributed by atoms with Gasteiger partial charge in [0.2, 0.25) is 0 Å². The lowest BCUT2D eigenvalue weighted by molar-refractivity contribution is 0.145. The maximum absolute atomic E-state index is 11.8. The first-order valence-electron chi connectivity index (χ1n) is 6.30. The van der Waals surface area contributed by atoms with Crippen LogP contribution in [0.2, 0.25) is 0 Å². The molecule has 0 unspecified atom stereocenters.